The van der Waals surface area contributed by atoms with Gasteiger partial charge in [0.05, 0.1) is 17.7 Å². The number of anilines is 2. The number of hydrogen-bond donors (Lipinski definition) is 0. The Morgan fingerprint density at radius 2 is 1.74 bits per heavy atom. The number of carbonyl (C=O) groups excluding carboxylic acids is 1. The van der Waals surface area contributed by atoms with Crippen molar-refractivity contribution in [3.63, 3.8) is 0 Å². The highest BCUT2D eigenvalue weighted by Gasteiger charge is 2.29. The minimum Gasteiger partial charge on any atom is -0.372 e. The van der Waals surface area contributed by atoms with Gasteiger partial charge in [0.25, 0.3) is 0 Å². The summed E-state index contributed by atoms with van der Waals surface area (Å²) in [5.74, 6) is 0.419. The number of benzene rings is 2. The standard InChI is InChI=1S/C21H24N4OS/c1-4-24(5-2)18-12-8-17(9-13-18)14-22-23-21-25(20(26)15-27-21)19-10-6-16(3)7-11-19/h6-14H,4-5,15H2,1-3H3/b22-14-,23-21-. The molecule has 1 saturated heterocycles. The molecule has 1 aliphatic heterocycles. The Morgan fingerprint density at radius 3 is 2.37 bits per heavy atom. The normalized spacial score (nSPS) is 15.9. The van der Waals surface area contributed by atoms with Crippen molar-refractivity contribution >= 4 is 40.4 Å². The van der Waals surface area contributed by atoms with E-state index in [-0.39, 0.29) is 5.91 Å². The maximum atomic E-state index is 12.2. The number of carbonyl (C=O) groups is 1. The number of hydrogen-bond acceptors (Lipinski definition) is 5. The third-order valence-corrected chi connectivity index (χ3v) is 5.34. The lowest BCUT2D eigenvalue weighted by Gasteiger charge is -2.20. The molecule has 3 rings (SSSR count). The zero-order valence-electron chi connectivity index (χ0n) is 15.9. The molecule has 0 N–H and O–H groups in total. The molecule has 2 aromatic carbocycles. The lowest BCUT2D eigenvalue weighted by atomic mass is 10.2. The van der Waals surface area contributed by atoms with Crippen LogP contribution in [0.1, 0.15) is 25.0 Å². The van der Waals surface area contributed by atoms with Crippen LogP contribution in [0.25, 0.3) is 0 Å². The van der Waals surface area contributed by atoms with Crippen LogP contribution < -0.4 is 9.80 Å². The molecule has 0 saturated carbocycles. The van der Waals surface area contributed by atoms with Crippen LogP contribution in [0.15, 0.2) is 58.7 Å². The minimum atomic E-state index is 0.0291. The van der Waals surface area contributed by atoms with Crippen molar-refractivity contribution in [2.75, 3.05) is 28.6 Å². The Hall–Kier alpha value is -2.60. The molecule has 6 heteroatoms. The zero-order valence-corrected chi connectivity index (χ0v) is 16.7. The van der Waals surface area contributed by atoms with E-state index in [0.717, 1.165) is 29.9 Å². The summed E-state index contributed by atoms with van der Waals surface area (Å²) in [5.41, 5.74) is 4.16. The van der Waals surface area contributed by atoms with Crippen molar-refractivity contribution < 1.29 is 4.79 Å². The van der Waals surface area contributed by atoms with E-state index in [1.807, 2.05) is 43.3 Å². The van der Waals surface area contributed by atoms with Gasteiger partial charge in [0, 0.05) is 18.8 Å². The van der Waals surface area contributed by atoms with Gasteiger partial charge >= 0.3 is 0 Å². The van der Waals surface area contributed by atoms with Crippen LogP contribution in [0.3, 0.4) is 0 Å². The van der Waals surface area contributed by atoms with Crippen LogP contribution in [-0.2, 0) is 4.79 Å². The molecule has 27 heavy (non-hydrogen) atoms. The second kappa shape index (κ2) is 8.86. The summed E-state index contributed by atoms with van der Waals surface area (Å²) in [6.45, 7) is 8.29. The lowest BCUT2D eigenvalue weighted by Crippen LogP contribution is -2.28. The summed E-state index contributed by atoms with van der Waals surface area (Å²) < 4.78 is 0. The highest BCUT2D eigenvalue weighted by molar-refractivity contribution is 8.15. The Kier molecular flexibility index (Phi) is 6.29. The Bertz CT molecular complexity index is 839. The summed E-state index contributed by atoms with van der Waals surface area (Å²) in [6.07, 6.45) is 1.72. The number of amidine groups is 1. The van der Waals surface area contributed by atoms with Gasteiger partial charge in [-0.05, 0) is 50.6 Å². The summed E-state index contributed by atoms with van der Waals surface area (Å²) in [4.78, 5) is 16.2. The van der Waals surface area contributed by atoms with Gasteiger partial charge in [-0.15, -0.1) is 5.10 Å². The molecule has 0 unspecified atom stereocenters. The number of rotatable bonds is 6. The number of amides is 1. The molecular weight excluding hydrogens is 356 g/mol. The van der Waals surface area contributed by atoms with Crippen molar-refractivity contribution in [3.8, 4) is 0 Å². The Morgan fingerprint density at radius 1 is 1.07 bits per heavy atom. The van der Waals surface area contributed by atoms with E-state index >= 15 is 0 Å². The first-order valence-electron chi connectivity index (χ1n) is 9.10. The third kappa shape index (κ3) is 4.57. The summed E-state index contributed by atoms with van der Waals surface area (Å²) >= 11 is 1.41. The molecule has 140 valence electrons. The molecule has 1 amide bonds. The second-order valence-electron chi connectivity index (χ2n) is 6.24. The van der Waals surface area contributed by atoms with Crippen molar-refractivity contribution in [3.05, 3.63) is 59.7 Å². The molecule has 0 radical (unpaired) electrons. The van der Waals surface area contributed by atoms with Crippen molar-refractivity contribution in [1.29, 1.82) is 0 Å². The number of nitrogens with zero attached hydrogens (tertiary/aromatic N) is 4. The van der Waals surface area contributed by atoms with Gasteiger partial charge in [-0.25, -0.2) is 0 Å². The molecule has 1 aliphatic rings. The van der Waals surface area contributed by atoms with E-state index in [1.54, 1.807) is 11.1 Å². The van der Waals surface area contributed by atoms with Crippen LogP contribution >= 0.6 is 11.8 Å². The molecular formula is C21H24N4OS. The molecule has 0 aromatic heterocycles. The Labute approximate surface area is 164 Å². The first-order valence-corrected chi connectivity index (χ1v) is 10.1. The molecule has 2 aromatic rings. The smallest absolute Gasteiger partial charge is 0.243 e. The van der Waals surface area contributed by atoms with Crippen LogP contribution in [0, 0.1) is 6.92 Å². The van der Waals surface area contributed by atoms with E-state index in [4.69, 9.17) is 0 Å². The molecule has 0 atom stereocenters. The largest absolute Gasteiger partial charge is 0.372 e. The van der Waals surface area contributed by atoms with Gasteiger partial charge in [0.1, 0.15) is 0 Å². The van der Waals surface area contributed by atoms with E-state index in [2.05, 4.69) is 41.1 Å². The maximum Gasteiger partial charge on any atom is 0.243 e. The Balaban J connectivity index is 1.74. The van der Waals surface area contributed by atoms with Gasteiger partial charge < -0.3 is 4.90 Å². The van der Waals surface area contributed by atoms with E-state index in [9.17, 15) is 4.79 Å². The van der Waals surface area contributed by atoms with Crippen LogP contribution in [0.5, 0.6) is 0 Å². The minimum absolute atomic E-state index is 0.0291. The van der Waals surface area contributed by atoms with Gasteiger partial charge in [0.2, 0.25) is 5.91 Å². The monoisotopic (exact) mass is 380 g/mol. The van der Waals surface area contributed by atoms with Gasteiger partial charge in [-0.3, -0.25) is 9.69 Å². The summed E-state index contributed by atoms with van der Waals surface area (Å²) in [5, 5.41) is 9.09. The predicted octanol–water partition coefficient (Wildman–Crippen LogP) is 4.31. The van der Waals surface area contributed by atoms with Gasteiger partial charge in [-0.2, -0.15) is 5.10 Å². The van der Waals surface area contributed by atoms with E-state index in [0.29, 0.717) is 10.9 Å². The number of aryl methyl sites for hydroxylation is 1. The molecule has 0 bridgehead atoms. The van der Waals surface area contributed by atoms with Gasteiger partial charge in [0.15, 0.2) is 5.17 Å². The highest BCUT2D eigenvalue weighted by atomic mass is 32.2. The molecule has 1 heterocycles. The molecule has 1 fully saturated rings. The average molecular weight is 381 g/mol. The van der Waals surface area contributed by atoms with Gasteiger partial charge in [-0.1, -0.05) is 41.6 Å². The second-order valence-corrected chi connectivity index (χ2v) is 7.19. The maximum absolute atomic E-state index is 12.2. The first-order chi connectivity index (χ1) is 13.1. The summed E-state index contributed by atoms with van der Waals surface area (Å²) in [6, 6.07) is 16.1. The summed E-state index contributed by atoms with van der Waals surface area (Å²) in [7, 11) is 0. The fraction of sp³-hybridized carbons (Fsp3) is 0.286. The van der Waals surface area contributed by atoms with E-state index in [1.165, 1.54) is 17.4 Å². The fourth-order valence-corrected chi connectivity index (χ4v) is 3.71. The van der Waals surface area contributed by atoms with E-state index < -0.39 is 0 Å². The molecule has 0 aliphatic carbocycles. The van der Waals surface area contributed by atoms with Crippen LogP contribution in [-0.4, -0.2) is 36.1 Å². The predicted molar refractivity (Wildman–Crippen MR) is 116 cm³/mol. The third-order valence-electron chi connectivity index (χ3n) is 4.43. The van der Waals surface area contributed by atoms with Crippen LogP contribution in [0.4, 0.5) is 11.4 Å². The van der Waals surface area contributed by atoms with Crippen molar-refractivity contribution in [2.24, 2.45) is 10.2 Å². The zero-order chi connectivity index (χ0) is 19.2. The average Bonchev–Trinajstić information content (AvgIpc) is 3.05. The van der Waals surface area contributed by atoms with Crippen molar-refractivity contribution in [1.82, 2.24) is 0 Å². The fourth-order valence-electron chi connectivity index (χ4n) is 2.89. The number of thioether (sulfide) groups is 1. The molecule has 0 spiro atoms. The topological polar surface area (TPSA) is 48.3 Å². The highest BCUT2D eigenvalue weighted by Crippen LogP contribution is 2.27. The van der Waals surface area contributed by atoms with Crippen LogP contribution in [0.2, 0.25) is 0 Å². The SMILES string of the molecule is CCN(CC)c1ccc(/C=N\N=C2/SCC(=O)N2c2ccc(C)cc2)cc1. The lowest BCUT2D eigenvalue weighted by molar-refractivity contribution is -0.115. The van der Waals surface area contributed by atoms with Crippen molar-refractivity contribution in [2.45, 2.75) is 20.8 Å². The first kappa shape index (κ1) is 19.2. The molecule has 5 nitrogen and oxygen atoms in total. The quantitative estimate of drug-likeness (QED) is 0.554.